The van der Waals surface area contributed by atoms with Crippen LogP contribution in [0.4, 0.5) is 0 Å². The van der Waals surface area contributed by atoms with E-state index in [4.69, 9.17) is 9.97 Å². The molecule has 2 aromatic carbocycles. The fraction of sp³-hybridized carbons (Fsp3) is 0.333. The third-order valence-corrected chi connectivity index (χ3v) is 7.42. The SMILES string of the molecule is CC(C)c1nc2c([nH]1)-c1ccc3c(c1C2)Cc1c-3ccc2c1Cc1nc(C(C)C)[nH]c1-2. The Labute approximate surface area is 182 Å². The Hall–Kier alpha value is -3.14. The summed E-state index contributed by atoms with van der Waals surface area (Å²) in [5.74, 6) is 3.06. The first-order valence-electron chi connectivity index (χ1n) is 11.5. The minimum Gasteiger partial charge on any atom is -0.342 e. The highest BCUT2D eigenvalue weighted by Gasteiger charge is 2.34. The number of nitrogens with one attached hydrogen (secondary N) is 2. The number of nitrogens with zero attached hydrogens (tertiary/aromatic N) is 2. The molecule has 2 N–H and O–H groups in total. The molecule has 4 heteroatoms. The van der Waals surface area contributed by atoms with Gasteiger partial charge in [-0.05, 0) is 39.8 Å². The zero-order valence-electron chi connectivity index (χ0n) is 18.5. The molecule has 2 heterocycles. The van der Waals surface area contributed by atoms with E-state index in [1.807, 2.05) is 0 Å². The van der Waals surface area contributed by atoms with Gasteiger partial charge >= 0.3 is 0 Å². The van der Waals surface area contributed by atoms with E-state index in [2.05, 4.69) is 61.9 Å². The lowest BCUT2D eigenvalue weighted by Crippen LogP contribution is -1.97. The third-order valence-electron chi connectivity index (χ3n) is 7.42. The van der Waals surface area contributed by atoms with Gasteiger partial charge in [-0.1, -0.05) is 52.0 Å². The predicted molar refractivity (Wildman–Crippen MR) is 124 cm³/mol. The number of H-pyrrole nitrogens is 2. The molecule has 3 aliphatic carbocycles. The lowest BCUT2D eigenvalue weighted by Gasteiger charge is -2.09. The Morgan fingerprint density at radius 2 is 0.968 bits per heavy atom. The normalized spacial score (nSPS) is 14.6. The molecule has 2 aromatic heterocycles. The van der Waals surface area contributed by atoms with Crippen LogP contribution < -0.4 is 0 Å². The number of aromatic nitrogens is 4. The van der Waals surface area contributed by atoms with E-state index in [1.54, 1.807) is 0 Å². The fourth-order valence-corrected chi connectivity index (χ4v) is 5.79. The number of fused-ring (bicyclic) bond motifs is 11. The maximum Gasteiger partial charge on any atom is 0.109 e. The number of hydrogen-bond donors (Lipinski definition) is 2. The molecule has 0 spiro atoms. The third kappa shape index (κ3) is 2.20. The Morgan fingerprint density at radius 1 is 0.581 bits per heavy atom. The zero-order chi connectivity index (χ0) is 21.0. The molecule has 0 bridgehead atoms. The van der Waals surface area contributed by atoms with Crippen LogP contribution >= 0.6 is 0 Å². The Bertz CT molecular complexity index is 1310. The van der Waals surface area contributed by atoms with Crippen molar-refractivity contribution < 1.29 is 0 Å². The predicted octanol–water partition coefficient (Wildman–Crippen LogP) is 6.09. The van der Waals surface area contributed by atoms with Crippen LogP contribution in [0, 0.1) is 0 Å². The van der Waals surface area contributed by atoms with Gasteiger partial charge < -0.3 is 9.97 Å². The maximum absolute atomic E-state index is 4.91. The molecule has 0 unspecified atom stereocenters. The molecule has 0 aliphatic heterocycles. The van der Waals surface area contributed by atoms with Gasteiger partial charge in [-0.25, -0.2) is 9.97 Å². The van der Waals surface area contributed by atoms with Crippen molar-refractivity contribution in [2.75, 3.05) is 0 Å². The average molecular weight is 407 g/mol. The standard InChI is InChI=1S/C27H26N4/c1-12(2)26-28-22-10-20-16(24(22)30-26)7-5-14-15-6-8-17-21(19(15)9-18(14)20)11-23-25(17)31-27(29-23)13(3)4/h5-8,12-13H,9-11H2,1-4H3,(H,28,30)(H,29,31). The summed E-state index contributed by atoms with van der Waals surface area (Å²) in [6, 6.07) is 9.29. The average Bonchev–Trinajstić information content (AvgIpc) is 3.49. The Kier molecular flexibility index (Phi) is 3.26. The van der Waals surface area contributed by atoms with Crippen molar-refractivity contribution in [1.29, 1.82) is 0 Å². The molecule has 0 saturated carbocycles. The van der Waals surface area contributed by atoms with Crippen molar-refractivity contribution >= 4 is 0 Å². The summed E-state index contributed by atoms with van der Waals surface area (Å²) in [5.41, 5.74) is 16.4. The largest absolute Gasteiger partial charge is 0.342 e. The topological polar surface area (TPSA) is 57.4 Å². The summed E-state index contributed by atoms with van der Waals surface area (Å²) in [6.07, 6.45) is 2.93. The quantitative estimate of drug-likeness (QED) is 0.365. The fourth-order valence-electron chi connectivity index (χ4n) is 5.79. The number of benzene rings is 2. The van der Waals surface area contributed by atoms with Gasteiger partial charge in [-0.2, -0.15) is 0 Å². The van der Waals surface area contributed by atoms with Crippen molar-refractivity contribution in [1.82, 2.24) is 19.9 Å². The van der Waals surface area contributed by atoms with Crippen LogP contribution in [-0.4, -0.2) is 19.9 Å². The minimum atomic E-state index is 0.428. The highest BCUT2D eigenvalue weighted by Crippen LogP contribution is 2.50. The van der Waals surface area contributed by atoms with E-state index in [0.717, 1.165) is 30.9 Å². The van der Waals surface area contributed by atoms with Crippen molar-refractivity contribution in [2.24, 2.45) is 0 Å². The van der Waals surface area contributed by atoms with Crippen LogP contribution in [0.2, 0.25) is 0 Å². The van der Waals surface area contributed by atoms with Crippen molar-refractivity contribution in [3.63, 3.8) is 0 Å². The molecule has 0 saturated heterocycles. The molecule has 3 aliphatic rings. The second-order valence-electron chi connectivity index (χ2n) is 9.96. The molecule has 0 atom stereocenters. The minimum absolute atomic E-state index is 0.428. The molecule has 7 rings (SSSR count). The summed E-state index contributed by atoms with van der Waals surface area (Å²) in [7, 11) is 0. The van der Waals surface area contributed by atoms with Crippen LogP contribution in [0.25, 0.3) is 33.6 Å². The number of rotatable bonds is 2. The highest BCUT2D eigenvalue weighted by molar-refractivity contribution is 5.89. The maximum atomic E-state index is 4.91. The van der Waals surface area contributed by atoms with Gasteiger partial charge in [-0.15, -0.1) is 0 Å². The first kappa shape index (κ1) is 17.5. The number of aromatic amines is 2. The van der Waals surface area contributed by atoms with Gasteiger partial charge in [0.1, 0.15) is 11.6 Å². The molecule has 4 nitrogen and oxygen atoms in total. The molecular weight excluding hydrogens is 380 g/mol. The van der Waals surface area contributed by atoms with Crippen LogP contribution in [0.3, 0.4) is 0 Å². The number of hydrogen-bond acceptors (Lipinski definition) is 2. The first-order valence-corrected chi connectivity index (χ1v) is 11.5. The smallest absolute Gasteiger partial charge is 0.109 e. The molecule has 0 fully saturated rings. The molecule has 154 valence electrons. The van der Waals surface area contributed by atoms with Gasteiger partial charge in [0.25, 0.3) is 0 Å². The summed E-state index contributed by atoms with van der Waals surface area (Å²) >= 11 is 0. The summed E-state index contributed by atoms with van der Waals surface area (Å²) < 4.78 is 0. The van der Waals surface area contributed by atoms with Gasteiger partial charge in [0.2, 0.25) is 0 Å². The first-order chi connectivity index (χ1) is 15.0. The van der Waals surface area contributed by atoms with Crippen LogP contribution in [0.5, 0.6) is 0 Å². The second-order valence-corrected chi connectivity index (χ2v) is 9.96. The van der Waals surface area contributed by atoms with Crippen LogP contribution in [-0.2, 0) is 19.3 Å². The van der Waals surface area contributed by atoms with Crippen LogP contribution in [0.1, 0.15) is 84.8 Å². The van der Waals surface area contributed by atoms with Gasteiger partial charge in [-0.3, -0.25) is 0 Å². The monoisotopic (exact) mass is 406 g/mol. The summed E-state index contributed by atoms with van der Waals surface area (Å²) in [6.45, 7) is 8.79. The highest BCUT2D eigenvalue weighted by atomic mass is 15.0. The molecule has 4 aromatic rings. The molecular formula is C27H26N4. The van der Waals surface area contributed by atoms with E-state index in [1.165, 1.54) is 67.3 Å². The van der Waals surface area contributed by atoms with Crippen molar-refractivity contribution in [3.05, 3.63) is 69.6 Å². The van der Waals surface area contributed by atoms with E-state index in [9.17, 15) is 0 Å². The molecule has 0 radical (unpaired) electrons. The lowest BCUT2D eigenvalue weighted by molar-refractivity contribution is 0.789. The van der Waals surface area contributed by atoms with E-state index in [0.29, 0.717) is 11.8 Å². The van der Waals surface area contributed by atoms with E-state index >= 15 is 0 Å². The van der Waals surface area contributed by atoms with E-state index in [-0.39, 0.29) is 0 Å². The zero-order valence-corrected chi connectivity index (χ0v) is 18.5. The summed E-state index contributed by atoms with van der Waals surface area (Å²) in [4.78, 5) is 17.0. The lowest BCUT2D eigenvalue weighted by atomic mass is 9.97. The number of imidazole rings is 2. The van der Waals surface area contributed by atoms with Gasteiger partial charge in [0.05, 0.1) is 22.8 Å². The van der Waals surface area contributed by atoms with Gasteiger partial charge in [0.15, 0.2) is 0 Å². The Morgan fingerprint density at radius 3 is 1.39 bits per heavy atom. The second kappa shape index (κ2) is 5.76. The van der Waals surface area contributed by atoms with E-state index < -0.39 is 0 Å². The van der Waals surface area contributed by atoms with Crippen LogP contribution in [0.15, 0.2) is 24.3 Å². The summed E-state index contributed by atoms with van der Waals surface area (Å²) in [5, 5.41) is 0. The van der Waals surface area contributed by atoms with Crippen molar-refractivity contribution in [2.45, 2.75) is 58.8 Å². The van der Waals surface area contributed by atoms with Crippen molar-refractivity contribution in [3.8, 4) is 33.6 Å². The van der Waals surface area contributed by atoms with Gasteiger partial charge in [0, 0.05) is 35.8 Å². The molecule has 0 amide bonds. The molecule has 31 heavy (non-hydrogen) atoms. The Balaban J connectivity index is 1.32.